The fourth-order valence-electron chi connectivity index (χ4n) is 2.76. The van der Waals surface area contributed by atoms with Crippen molar-refractivity contribution in [3.8, 4) is 0 Å². The summed E-state index contributed by atoms with van der Waals surface area (Å²) in [6.45, 7) is 2.13. The third-order valence-corrected chi connectivity index (χ3v) is 5.22. The molecule has 17 heavy (non-hydrogen) atoms. The largest absolute Gasteiger partial charge is 0.384 e. The van der Waals surface area contributed by atoms with Gasteiger partial charge < -0.3 is 10.1 Å². The first-order valence-corrected chi connectivity index (χ1v) is 7.17. The van der Waals surface area contributed by atoms with Crippen molar-refractivity contribution in [3.05, 3.63) is 36.0 Å². The zero-order chi connectivity index (χ0) is 11.9. The van der Waals surface area contributed by atoms with Crippen molar-refractivity contribution in [2.45, 2.75) is 30.6 Å². The van der Waals surface area contributed by atoms with Crippen LogP contribution >= 0.6 is 11.8 Å². The molecule has 0 spiro atoms. The van der Waals surface area contributed by atoms with Crippen LogP contribution in [0.15, 0.2) is 30.5 Å². The molecule has 0 aliphatic carbocycles. The molecule has 3 heteroatoms. The smallest absolute Gasteiger partial charge is 0.102 e. The lowest BCUT2D eigenvalue weighted by atomic mass is 9.84. The molecular weight excluding hydrogens is 230 g/mol. The lowest BCUT2D eigenvalue weighted by Crippen LogP contribution is -2.38. The summed E-state index contributed by atoms with van der Waals surface area (Å²) in [6.07, 6.45) is 3.90. The second kappa shape index (κ2) is 4.07. The van der Waals surface area contributed by atoms with Crippen LogP contribution in [-0.2, 0) is 5.60 Å². The van der Waals surface area contributed by atoms with Gasteiger partial charge in [-0.25, -0.2) is 0 Å². The SMILES string of the molecule is CC1SCCCC1(O)c1cccc2[nH]ccc12. The predicted octanol–water partition coefficient (Wildman–Crippen LogP) is 3.27. The fraction of sp³-hybridized carbons (Fsp3) is 0.429. The van der Waals surface area contributed by atoms with E-state index in [0.717, 1.165) is 35.1 Å². The summed E-state index contributed by atoms with van der Waals surface area (Å²) in [7, 11) is 0. The summed E-state index contributed by atoms with van der Waals surface area (Å²) < 4.78 is 0. The molecule has 2 N–H and O–H groups in total. The van der Waals surface area contributed by atoms with E-state index < -0.39 is 5.60 Å². The molecular formula is C14H17NOS. The first-order chi connectivity index (χ1) is 8.22. The van der Waals surface area contributed by atoms with Crippen molar-refractivity contribution in [1.82, 2.24) is 4.98 Å². The minimum Gasteiger partial charge on any atom is -0.384 e. The highest BCUT2D eigenvalue weighted by molar-refractivity contribution is 8.00. The fourth-order valence-corrected chi connectivity index (χ4v) is 3.94. The molecule has 0 amide bonds. The van der Waals surface area contributed by atoms with E-state index in [-0.39, 0.29) is 5.25 Å². The first-order valence-electron chi connectivity index (χ1n) is 6.12. The Morgan fingerprint density at radius 1 is 1.41 bits per heavy atom. The molecule has 1 aromatic heterocycles. The van der Waals surface area contributed by atoms with Crippen molar-refractivity contribution in [1.29, 1.82) is 0 Å². The van der Waals surface area contributed by atoms with Gasteiger partial charge in [0.1, 0.15) is 5.60 Å². The molecule has 1 aromatic carbocycles. The van der Waals surface area contributed by atoms with Crippen LogP contribution in [0.4, 0.5) is 0 Å². The number of thioether (sulfide) groups is 1. The quantitative estimate of drug-likeness (QED) is 0.811. The van der Waals surface area contributed by atoms with Crippen LogP contribution in [-0.4, -0.2) is 21.1 Å². The highest BCUT2D eigenvalue weighted by atomic mass is 32.2. The molecule has 1 fully saturated rings. The molecule has 2 aromatic rings. The number of aliphatic hydroxyl groups is 1. The highest BCUT2D eigenvalue weighted by Gasteiger charge is 2.39. The lowest BCUT2D eigenvalue weighted by Gasteiger charge is -2.38. The number of rotatable bonds is 1. The average Bonchev–Trinajstić information content (AvgIpc) is 2.81. The van der Waals surface area contributed by atoms with Crippen LogP contribution in [0.3, 0.4) is 0 Å². The van der Waals surface area contributed by atoms with E-state index in [1.54, 1.807) is 0 Å². The van der Waals surface area contributed by atoms with Crippen molar-refractivity contribution < 1.29 is 5.11 Å². The number of aromatic nitrogens is 1. The molecule has 90 valence electrons. The Kier molecular flexibility index (Phi) is 2.68. The minimum atomic E-state index is -0.676. The maximum absolute atomic E-state index is 11.0. The Morgan fingerprint density at radius 3 is 3.12 bits per heavy atom. The second-order valence-corrected chi connectivity index (χ2v) is 6.23. The van der Waals surface area contributed by atoms with Gasteiger partial charge in [0.25, 0.3) is 0 Å². The highest BCUT2D eigenvalue weighted by Crippen LogP contribution is 2.43. The molecule has 1 aliphatic rings. The van der Waals surface area contributed by atoms with E-state index >= 15 is 0 Å². The Bertz CT molecular complexity index is 536. The topological polar surface area (TPSA) is 36.0 Å². The molecule has 0 saturated carbocycles. The van der Waals surface area contributed by atoms with Crippen LogP contribution < -0.4 is 0 Å². The van der Waals surface area contributed by atoms with E-state index in [4.69, 9.17) is 0 Å². The molecule has 2 unspecified atom stereocenters. The van der Waals surface area contributed by atoms with Gasteiger partial charge in [-0.05, 0) is 36.3 Å². The van der Waals surface area contributed by atoms with Gasteiger partial charge in [0, 0.05) is 22.3 Å². The lowest BCUT2D eigenvalue weighted by molar-refractivity contribution is 0.0269. The van der Waals surface area contributed by atoms with E-state index in [1.807, 2.05) is 24.0 Å². The third kappa shape index (κ3) is 1.69. The maximum Gasteiger partial charge on any atom is 0.102 e. The standard InChI is InChI=1S/C14H17NOS/c1-10-14(16,7-3-9-17-10)12-4-2-5-13-11(12)6-8-15-13/h2,4-6,8,10,15-16H,3,7,9H2,1H3. The van der Waals surface area contributed by atoms with Crippen molar-refractivity contribution >= 4 is 22.7 Å². The van der Waals surface area contributed by atoms with Gasteiger partial charge in [-0.2, -0.15) is 11.8 Å². The predicted molar refractivity (Wildman–Crippen MR) is 73.3 cm³/mol. The van der Waals surface area contributed by atoms with Gasteiger partial charge in [0.15, 0.2) is 0 Å². The van der Waals surface area contributed by atoms with Crippen LogP contribution in [0.5, 0.6) is 0 Å². The molecule has 1 saturated heterocycles. The summed E-state index contributed by atoms with van der Waals surface area (Å²) in [5.74, 6) is 1.16. The minimum absolute atomic E-state index is 0.261. The van der Waals surface area contributed by atoms with Gasteiger partial charge in [0.05, 0.1) is 0 Å². The third-order valence-electron chi connectivity index (χ3n) is 3.80. The van der Waals surface area contributed by atoms with Gasteiger partial charge in [0.2, 0.25) is 0 Å². The van der Waals surface area contributed by atoms with Gasteiger partial charge in [-0.15, -0.1) is 0 Å². The number of fused-ring (bicyclic) bond motifs is 1. The molecule has 2 heterocycles. The van der Waals surface area contributed by atoms with Gasteiger partial charge >= 0.3 is 0 Å². The number of hydrogen-bond donors (Lipinski definition) is 2. The molecule has 3 rings (SSSR count). The van der Waals surface area contributed by atoms with Gasteiger partial charge in [-0.1, -0.05) is 19.1 Å². The van der Waals surface area contributed by atoms with E-state index in [1.165, 1.54) is 0 Å². The van der Waals surface area contributed by atoms with E-state index in [2.05, 4.69) is 30.1 Å². The van der Waals surface area contributed by atoms with Crippen molar-refractivity contribution in [2.75, 3.05) is 5.75 Å². The zero-order valence-electron chi connectivity index (χ0n) is 9.94. The first kappa shape index (κ1) is 11.2. The van der Waals surface area contributed by atoms with Gasteiger partial charge in [-0.3, -0.25) is 0 Å². The Labute approximate surface area is 105 Å². The van der Waals surface area contributed by atoms with E-state index in [9.17, 15) is 5.11 Å². The summed E-state index contributed by atoms with van der Waals surface area (Å²) in [6, 6.07) is 8.22. The number of benzene rings is 1. The number of aromatic amines is 1. The van der Waals surface area contributed by atoms with Crippen LogP contribution in [0.25, 0.3) is 10.9 Å². The normalized spacial score (nSPS) is 29.6. The van der Waals surface area contributed by atoms with Crippen LogP contribution in [0.2, 0.25) is 0 Å². The van der Waals surface area contributed by atoms with E-state index in [0.29, 0.717) is 0 Å². The maximum atomic E-state index is 11.0. The second-order valence-electron chi connectivity index (χ2n) is 4.79. The summed E-state index contributed by atoms with van der Waals surface area (Å²) in [5, 5.41) is 12.4. The Morgan fingerprint density at radius 2 is 2.29 bits per heavy atom. The summed E-state index contributed by atoms with van der Waals surface area (Å²) in [5.41, 5.74) is 1.51. The zero-order valence-corrected chi connectivity index (χ0v) is 10.8. The molecule has 0 radical (unpaired) electrons. The molecule has 2 nitrogen and oxygen atoms in total. The Balaban J connectivity index is 2.16. The molecule has 0 bridgehead atoms. The molecule has 2 atom stereocenters. The number of H-pyrrole nitrogens is 1. The van der Waals surface area contributed by atoms with Crippen molar-refractivity contribution in [2.24, 2.45) is 0 Å². The Hall–Kier alpha value is -0.930. The number of nitrogens with one attached hydrogen (secondary N) is 1. The summed E-state index contributed by atoms with van der Waals surface area (Å²) in [4.78, 5) is 3.21. The average molecular weight is 247 g/mol. The van der Waals surface area contributed by atoms with Crippen LogP contribution in [0, 0.1) is 0 Å². The van der Waals surface area contributed by atoms with Crippen LogP contribution in [0.1, 0.15) is 25.3 Å². The monoisotopic (exact) mass is 247 g/mol. The summed E-state index contributed by atoms with van der Waals surface area (Å²) >= 11 is 1.87. The number of hydrogen-bond acceptors (Lipinski definition) is 2. The van der Waals surface area contributed by atoms with Crippen molar-refractivity contribution in [3.63, 3.8) is 0 Å². The molecule has 1 aliphatic heterocycles.